The number of benzene rings is 1. The van der Waals surface area contributed by atoms with Crippen molar-refractivity contribution in [2.24, 2.45) is 0 Å². The van der Waals surface area contributed by atoms with Crippen LogP contribution in [0.3, 0.4) is 0 Å². The molecule has 0 saturated heterocycles. The molecule has 2 N–H and O–H groups in total. The molecule has 1 atom stereocenters. The van der Waals surface area contributed by atoms with Crippen LogP contribution in [0.2, 0.25) is 0 Å². The van der Waals surface area contributed by atoms with Gasteiger partial charge in [-0.25, -0.2) is 0 Å². The highest BCUT2D eigenvalue weighted by Gasteiger charge is 2.10. The van der Waals surface area contributed by atoms with Crippen molar-refractivity contribution in [1.29, 1.82) is 0 Å². The van der Waals surface area contributed by atoms with Crippen LogP contribution in [-0.2, 0) is 0 Å². The molecule has 3 nitrogen and oxygen atoms in total. The van der Waals surface area contributed by atoms with Gasteiger partial charge in [0, 0.05) is 9.61 Å². The highest BCUT2D eigenvalue weighted by Crippen LogP contribution is 2.11. The number of hydrogen-bond donors (Lipinski definition) is 2. The molecule has 4 heteroatoms. The van der Waals surface area contributed by atoms with Gasteiger partial charge in [0.25, 0.3) is 5.91 Å². The summed E-state index contributed by atoms with van der Waals surface area (Å²) in [6.45, 7) is 1.71. The second-order valence-electron chi connectivity index (χ2n) is 3.04. The van der Waals surface area contributed by atoms with Crippen molar-refractivity contribution in [2.75, 3.05) is 6.61 Å². The molecular formula is C10H12INO2. The van der Waals surface area contributed by atoms with E-state index in [0.29, 0.717) is 5.56 Å². The minimum Gasteiger partial charge on any atom is -0.394 e. The Kier molecular flexibility index (Phi) is 4.34. The van der Waals surface area contributed by atoms with Crippen LogP contribution in [0, 0.1) is 3.57 Å². The van der Waals surface area contributed by atoms with Gasteiger partial charge in [-0.2, -0.15) is 0 Å². The molecule has 0 aliphatic carbocycles. The number of halogens is 1. The van der Waals surface area contributed by atoms with Crippen molar-refractivity contribution in [2.45, 2.75) is 13.0 Å². The summed E-state index contributed by atoms with van der Waals surface area (Å²) in [6.07, 6.45) is 0. The summed E-state index contributed by atoms with van der Waals surface area (Å²) < 4.78 is 0.910. The van der Waals surface area contributed by atoms with Crippen LogP contribution in [0.1, 0.15) is 17.3 Å². The van der Waals surface area contributed by atoms with Crippen LogP contribution in [-0.4, -0.2) is 23.7 Å². The fourth-order valence-electron chi connectivity index (χ4n) is 0.993. The lowest BCUT2D eigenvalue weighted by Gasteiger charge is -2.11. The Balaban J connectivity index is 2.75. The van der Waals surface area contributed by atoms with Crippen LogP contribution >= 0.6 is 22.6 Å². The lowest BCUT2D eigenvalue weighted by Crippen LogP contribution is -2.35. The molecule has 0 radical (unpaired) electrons. The molecule has 0 fully saturated rings. The van der Waals surface area contributed by atoms with E-state index in [-0.39, 0.29) is 18.6 Å². The number of aliphatic hydroxyl groups is 1. The number of amides is 1. The van der Waals surface area contributed by atoms with Crippen molar-refractivity contribution in [1.82, 2.24) is 5.32 Å². The highest BCUT2D eigenvalue weighted by atomic mass is 127. The maximum Gasteiger partial charge on any atom is 0.252 e. The summed E-state index contributed by atoms with van der Waals surface area (Å²) in [5.74, 6) is -0.142. The summed E-state index contributed by atoms with van der Waals surface area (Å²) in [5.41, 5.74) is 0.647. The molecule has 1 amide bonds. The van der Waals surface area contributed by atoms with Gasteiger partial charge in [0.1, 0.15) is 0 Å². The van der Waals surface area contributed by atoms with Gasteiger partial charge in [-0.3, -0.25) is 4.79 Å². The monoisotopic (exact) mass is 305 g/mol. The van der Waals surface area contributed by atoms with Gasteiger partial charge >= 0.3 is 0 Å². The van der Waals surface area contributed by atoms with E-state index in [1.54, 1.807) is 13.0 Å². The Morgan fingerprint density at radius 2 is 2.21 bits per heavy atom. The molecule has 1 aromatic carbocycles. The quantitative estimate of drug-likeness (QED) is 0.830. The zero-order chi connectivity index (χ0) is 10.6. The molecule has 0 bridgehead atoms. The molecule has 0 saturated carbocycles. The first-order chi connectivity index (χ1) is 6.65. The molecule has 0 aliphatic rings. The minimum atomic E-state index is -0.210. The van der Waals surface area contributed by atoms with E-state index < -0.39 is 0 Å². The third-order valence-electron chi connectivity index (χ3n) is 1.77. The summed E-state index contributed by atoms with van der Waals surface area (Å²) in [4.78, 5) is 11.6. The predicted molar refractivity (Wildman–Crippen MR) is 63.2 cm³/mol. The zero-order valence-corrected chi connectivity index (χ0v) is 9.98. The van der Waals surface area contributed by atoms with Gasteiger partial charge in [0.15, 0.2) is 0 Å². The van der Waals surface area contributed by atoms with E-state index in [1.807, 2.05) is 18.2 Å². The van der Waals surface area contributed by atoms with Crippen molar-refractivity contribution >= 4 is 28.5 Å². The Morgan fingerprint density at radius 3 is 2.79 bits per heavy atom. The van der Waals surface area contributed by atoms with Crippen molar-refractivity contribution in [3.63, 3.8) is 0 Å². The molecule has 0 unspecified atom stereocenters. The smallest absolute Gasteiger partial charge is 0.252 e. The van der Waals surface area contributed by atoms with Crippen LogP contribution in [0.4, 0.5) is 0 Å². The lowest BCUT2D eigenvalue weighted by molar-refractivity contribution is 0.0921. The molecule has 1 rings (SSSR count). The van der Waals surface area contributed by atoms with E-state index in [1.165, 1.54) is 0 Å². The number of carbonyl (C=O) groups excluding carboxylic acids is 1. The largest absolute Gasteiger partial charge is 0.394 e. The molecule has 14 heavy (non-hydrogen) atoms. The molecule has 76 valence electrons. The van der Waals surface area contributed by atoms with Crippen molar-refractivity contribution in [3.05, 3.63) is 33.4 Å². The molecule has 0 aromatic heterocycles. The van der Waals surface area contributed by atoms with E-state index in [4.69, 9.17) is 5.11 Å². The first-order valence-corrected chi connectivity index (χ1v) is 5.39. The first kappa shape index (κ1) is 11.5. The minimum absolute atomic E-state index is 0.0465. The Morgan fingerprint density at radius 1 is 1.57 bits per heavy atom. The Hall–Kier alpha value is -0.620. The molecule has 0 spiro atoms. The maximum atomic E-state index is 11.6. The Labute approximate surface area is 96.7 Å². The standard InChI is InChI=1S/C10H12INO2/c1-7(6-13)12-10(14)8-4-2-3-5-9(8)11/h2-5,7,13H,6H2,1H3,(H,12,14)/t7-/m1/s1. The number of nitrogens with one attached hydrogen (secondary N) is 1. The number of carbonyl (C=O) groups is 1. The summed E-state index contributed by atoms with van der Waals surface area (Å²) in [7, 11) is 0. The SMILES string of the molecule is C[C@H](CO)NC(=O)c1ccccc1I. The summed E-state index contributed by atoms with van der Waals surface area (Å²) in [5, 5.41) is 11.5. The van der Waals surface area contributed by atoms with Crippen LogP contribution < -0.4 is 5.32 Å². The van der Waals surface area contributed by atoms with Crippen LogP contribution in [0.15, 0.2) is 24.3 Å². The van der Waals surface area contributed by atoms with E-state index >= 15 is 0 Å². The number of aliphatic hydroxyl groups excluding tert-OH is 1. The predicted octanol–water partition coefficient (Wildman–Crippen LogP) is 1.40. The van der Waals surface area contributed by atoms with Gasteiger partial charge in [-0.15, -0.1) is 0 Å². The second-order valence-corrected chi connectivity index (χ2v) is 4.20. The molecule has 0 heterocycles. The van der Waals surface area contributed by atoms with Crippen molar-refractivity contribution in [3.8, 4) is 0 Å². The van der Waals surface area contributed by atoms with E-state index in [0.717, 1.165) is 3.57 Å². The topological polar surface area (TPSA) is 49.3 Å². The van der Waals surface area contributed by atoms with Crippen molar-refractivity contribution < 1.29 is 9.90 Å². The number of hydrogen-bond acceptors (Lipinski definition) is 2. The highest BCUT2D eigenvalue weighted by molar-refractivity contribution is 14.1. The van der Waals surface area contributed by atoms with E-state index in [2.05, 4.69) is 27.9 Å². The summed E-state index contributed by atoms with van der Waals surface area (Å²) in [6, 6.07) is 7.13. The average Bonchev–Trinajstić information content (AvgIpc) is 2.18. The molecule has 0 aliphatic heterocycles. The van der Waals surface area contributed by atoms with Gasteiger partial charge in [-0.05, 0) is 41.6 Å². The second kappa shape index (κ2) is 5.31. The number of rotatable bonds is 3. The molecular weight excluding hydrogens is 293 g/mol. The third kappa shape index (κ3) is 2.95. The van der Waals surface area contributed by atoms with Crippen LogP contribution in [0.25, 0.3) is 0 Å². The zero-order valence-electron chi connectivity index (χ0n) is 7.83. The first-order valence-electron chi connectivity index (χ1n) is 4.31. The average molecular weight is 305 g/mol. The van der Waals surface area contributed by atoms with Gasteiger partial charge < -0.3 is 10.4 Å². The Bertz CT molecular complexity index is 328. The molecule has 1 aromatic rings. The third-order valence-corrected chi connectivity index (χ3v) is 2.71. The normalized spacial score (nSPS) is 12.2. The van der Waals surface area contributed by atoms with Gasteiger partial charge in [-0.1, -0.05) is 12.1 Å². The fraction of sp³-hybridized carbons (Fsp3) is 0.300. The van der Waals surface area contributed by atoms with Crippen LogP contribution in [0.5, 0.6) is 0 Å². The van der Waals surface area contributed by atoms with Gasteiger partial charge in [0.2, 0.25) is 0 Å². The fourth-order valence-corrected chi connectivity index (χ4v) is 1.62. The summed E-state index contributed by atoms with van der Waals surface area (Å²) >= 11 is 2.11. The van der Waals surface area contributed by atoms with E-state index in [9.17, 15) is 4.79 Å². The van der Waals surface area contributed by atoms with Gasteiger partial charge in [0.05, 0.1) is 12.2 Å². The lowest BCUT2D eigenvalue weighted by atomic mass is 10.2. The maximum absolute atomic E-state index is 11.6.